The van der Waals surface area contributed by atoms with Crippen molar-refractivity contribution in [1.29, 1.82) is 0 Å². The second-order valence-corrected chi connectivity index (χ2v) is 3.01. The predicted molar refractivity (Wildman–Crippen MR) is 50.6 cm³/mol. The molecule has 7 heteroatoms. The number of aromatic nitrogens is 3. The number of anilines is 1. The molecule has 0 unspecified atom stereocenters. The normalized spacial score (nSPS) is 10.4. The highest BCUT2D eigenvalue weighted by Crippen LogP contribution is 2.10. The molecule has 5 nitrogen and oxygen atoms in total. The molecule has 84 valence electrons. The number of halogens is 2. The molecule has 1 N–H and O–H groups in total. The summed E-state index contributed by atoms with van der Waals surface area (Å²) in [5, 5.41) is 6.29. The van der Waals surface area contributed by atoms with E-state index >= 15 is 0 Å². The van der Waals surface area contributed by atoms with Gasteiger partial charge in [0.05, 0.1) is 6.20 Å². The molecule has 0 fully saturated rings. The molecule has 0 saturated heterocycles. The number of nitrogens with one attached hydrogen (secondary N) is 1. The minimum atomic E-state index is -0.729. The Hall–Kier alpha value is -2.05. The van der Waals surface area contributed by atoms with Crippen LogP contribution in [-0.4, -0.2) is 21.7 Å². The Bertz CT molecular complexity index is 461. The van der Waals surface area contributed by atoms with Crippen molar-refractivity contribution in [2.45, 2.75) is 6.42 Å². The molecule has 2 aromatic rings. The second kappa shape index (κ2) is 4.65. The Kier molecular flexibility index (Phi) is 3.04. The average Bonchev–Trinajstić information content (AvgIpc) is 2.74. The lowest BCUT2D eigenvalue weighted by Gasteiger charge is -2.04. The first-order valence-electron chi connectivity index (χ1n) is 4.56. The van der Waals surface area contributed by atoms with Crippen LogP contribution >= 0.6 is 0 Å². The van der Waals surface area contributed by atoms with Gasteiger partial charge in [-0.15, -0.1) is 0 Å². The molecule has 0 radical (unpaired) electrons. The fraction of sp³-hybridized carbons (Fsp3) is 0.222. The van der Waals surface area contributed by atoms with Gasteiger partial charge in [0, 0.05) is 19.0 Å². The van der Waals surface area contributed by atoms with Crippen LogP contribution in [0.2, 0.25) is 0 Å². The van der Waals surface area contributed by atoms with Gasteiger partial charge < -0.3 is 9.84 Å². The minimum absolute atomic E-state index is 0.00453. The van der Waals surface area contributed by atoms with E-state index in [0.717, 1.165) is 12.3 Å². The van der Waals surface area contributed by atoms with Gasteiger partial charge in [-0.2, -0.15) is 4.98 Å². The van der Waals surface area contributed by atoms with Crippen molar-refractivity contribution < 1.29 is 13.3 Å². The van der Waals surface area contributed by atoms with Gasteiger partial charge in [0.15, 0.2) is 17.5 Å². The Morgan fingerprint density at radius 3 is 2.88 bits per heavy atom. The highest BCUT2D eigenvalue weighted by Gasteiger charge is 2.05. The molecule has 0 bridgehead atoms. The lowest BCUT2D eigenvalue weighted by atomic mass is 10.4. The maximum atomic E-state index is 13.1. The Balaban J connectivity index is 1.90. The third-order valence-corrected chi connectivity index (χ3v) is 1.86. The Morgan fingerprint density at radius 1 is 1.31 bits per heavy atom. The molecule has 2 heterocycles. The fourth-order valence-electron chi connectivity index (χ4n) is 1.14. The van der Waals surface area contributed by atoms with E-state index in [2.05, 4.69) is 25.0 Å². The van der Waals surface area contributed by atoms with Crippen LogP contribution in [0.15, 0.2) is 23.2 Å². The molecule has 0 atom stereocenters. The molecule has 2 aromatic heterocycles. The summed E-state index contributed by atoms with van der Waals surface area (Å²) in [5.74, 6) is -0.922. The molecular formula is C9H8F2N4O. The molecule has 0 aliphatic carbocycles. The van der Waals surface area contributed by atoms with Crippen LogP contribution in [0.3, 0.4) is 0 Å². The lowest BCUT2D eigenvalue weighted by Crippen LogP contribution is -2.09. The van der Waals surface area contributed by atoms with Crippen molar-refractivity contribution in [2.75, 3.05) is 11.9 Å². The third kappa shape index (κ3) is 2.50. The number of hydrogen-bond acceptors (Lipinski definition) is 5. The summed E-state index contributed by atoms with van der Waals surface area (Å²) >= 11 is 0. The van der Waals surface area contributed by atoms with Gasteiger partial charge in [-0.3, -0.25) is 0 Å². The molecule has 2 rings (SSSR count). The molecule has 0 aliphatic heterocycles. The van der Waals surface area contributed by atoms with Crippen LogP contribution < -0.4 is 5.32 Å². The van der Waals surface area contributed by atoms with Crippen molar-refractivity contribution in [3.63, 3.8) is 0 Å². The average molecular weight is 226 g/mol. The standard InChI is InChI=1S/C9H8F2N4O/c10-6-3-7(11)9(13-4-6)12-2-1-8-14-5-16-15-8/h3-5H,1-2H2,(H,12,13). The lowest BCUT2D eigenvalue weighted by molar-refractivity contribution is 0.410. The highest BCUT2D eigenvalue weighted by molar-refractivity contribution is 5.35. The number of hydrogen-bond donors (Lipinski definition) is 1. The zero-order valence-electron chi connectivity index (χ0n) is 8.15. The maximum absolute atomic E-state index is 13.1. The minimum Gasteiger partial charge on any atom is -0.367 e. The number of nitrogens with zero attached hydrogens (tertiary/aromatic N) is 3. The van der Waals surface area contributed by atoms with Gasteiger partial charge in [0.2, 0.25) is 6.39 Å². The summed E-state index contributed by atoms with van der Waals surface area (Å²) in [6, 6.07) is 0.768. The maximum Gasteiger partial charge on any atom is 0.213 e. The first-order chi connectivity index (χ1) is 7.75. The van der Waals surface area contributed by atoms with E-state index in [1.165, 1.54) is 6.39 Å². The van der Waals surface area contributed by atoms with E-state index < -0.39 is 11.6 Å². The molecular weight excluding hydrogens is 218 g/mol. The van der Waals surface area contributed by atoms with Crippen LogP contribution in [0.25, 0.3) is 0 Å². The zero-order valence-corrected chi connectivity index (χ0v) is 8.15. The van der Waals surface area contributed by atoms with Gasteiger partial charge in [-0.25, -0.2) is 13.8 Å². The van der Waals surface area contributed by atoms with Gasteiger partial charge in [0.1, 0.15) is 5.82 Å². The summed E-state index contributed by atoms with van der Waals surface area (Å²) in [5.41, 5.74) is 0. The van der Waals surface area contributed by atoms with E-state index in [1.54, 1.807) is 0 Å². The third-order valence-electron chi connectivity index (χ3n) is 1.86. The molecule has 16 heavy (non-hydrogen) atoms. The first-order valence-corrected chi connectivity index (χ1v) is 4.56. The largest absolute Gasteiger partial charge is 0.367 e. The quantitative estimate of drug-likeness (QED) is 0.853. The van der Waals surface area contributed by atoms with Gasteiger partial charge in [-0.1, -0.05) is 5.16 Å². The Morgan fingerprint density at radius 2 is 2.19 bits per heavy atom. The predicted octanol–water partition coefficient (Wildman–Crippen LogP) is 1.40. The SMILES string of the molecule is Fc1cnc(NCCc2ncon2)c(F)c1. The van der Waals surface area contributed by atoms with Crippen LogP contribution in [-0.2, 0) is 6.42 Å². The van der Waals surface area contributed by atoms with E-state index in [1.807, 2.05) is 0 Å². The summed E-state index contributed by atoms with van der Waals surface area (Å²) in [4.78, 5) is 7.36. The Labute approximate surface area is 89.5 Å². The molecule has 0 saturated carbocycles. The van der Waals surface area contributed by atoms with E-state index in [9.17, 15) is 8.78 Å². The van der Waals surface area contributed by atoms with Gasteiger partial charge >= 0.3 is 0 Å². The van der Waals surface area contributed by atoms with Crippen LogP contribution in [0.4, 0.5) is 14.6 Å². The number of pyridine rings is 1. The van der Waals surface area contributed by atoms with E-state index in [0.29, 0.717) is 18.8 Å². The smallest absolute Gasteiger partial charge is 0.213 e. The summed E-state index contributed by atoms with van der Waals surface area (Å²) < 4.78 is 30.2. The van der Waals surface area contributed by atoms with E-state index in [4.69, 9.17) is 0 Å². The molecule has 0 aromatic carbocycles. The van der Waals surface area contributed by atoms with E-state index in [-0.39, 0.29) is 5.82 Å². The monoisotopic (exact) mass is 226 g/mol. The van der Waals surface area contributed by atoms with Gasteiger partial charge in [-0.05, 0) is 0 Å². The molecule has 0 amide bonds. The summed E-state index contributed by atoms with van der Waals surface area (Å²) in [6.07, 6.45) is 2.63. The van der Waals surface area contributed by atoms with Crippen molar-refractivity contribution in [3.05, 3.63) is 36.1 Å². The number of rotatable bonds is 4. The van der Waals surface area contributed by atoms with Crippen molar-refractivity contribution in [3.8, 4) is 0 Å². The van der Waals surface area contributed by atoms with Crippen LogP contribution in [0.1, 0.15) is 5.82 Å². The summed E-state index contributed by atoms with van der Waals surface area (Å²) in [6.45, 7) is 0.384. The van der Waals surface area contributed by atoms with Crippen LogP contribution in [0.5, 0.6) is 0 Å². The zero-order chi connectivity index (χ0) is 11.4. The van der Waals surface area contributed by atoms with Crippen molar-refractivity contribution >= 4 is 5.82 Å². The highest BCUT2D eigenvalue weighted by atomic mass is 19.1. The second-order valence-electron chi connectivity index (χ2n) is 3.01. The topological polar surface area (TPSA) is 63.8 Å². The van der Waals surface area contributed by atoms with Crippen molar-refractivity contribution in [1.82, 2.24) is 15.1 Å². The van der Waals surface area contributed by atoms with Crippen LogP contribution in [0, 0.1) is 11.6 Å². The molecule has 0 spiro atoms. The first kappa shape index (κ1) is 10.5. The summed E-state index contributed by atoms with van der Waals surface area (Å²) in [7, 11) is 0. The molecule has 0 aliphatic rings. The van der Waals surface area contributed by atoms with Gasteiger partial charge in [0.25, 0.3) is 0 Å². The fourth-order valence-corrected chi connectivity index (χ4v) is 1.14. The van der Waals surface area contributed by atoms with Crippen molar-refractivity contribution in [2.24, 2.45) is 0 Å².